The molecule has 1 aliphatic heterocycles. The first-order valence-corrected chi connectivity index (χ1v) is 6.33. The third-order valence-electron chi connectivity index (χ3n) is 3.97. The lowest BCUT2D eigenvalue weighted by atomic mass is 9.75. The van der Waals surface area contributed by atoms with E-state index in [-0.39, 0.29) is 5.78 Å². The van der Waals surface area contributed by atoms with E-state index in [1.807, 2.05) is 30.3 Å². The quantitative estimate of drug-likeness (QED) is 0.847. The molecule has 2 aromatic carbocycles. The van der Waals surface area contributed by atoms with Crippen molar-refractivity contribution >= 4 is 16.6 Å². The van der Waals surface area contributed by atoms with E-state index >= 15 is 0 Å². The van der Waals surface area contributed by atoms with Crippen molar-refractivity contribution in [2.75, 3.05) is 20.3 Å². The third-order valence-corrected chi connectivity index (χ3v) is 3.97. The van der Waals surface area contributed by atoms with Crippen molar-refractivity contribution in [1.82, 2.24) is 0 Å². The molecule has 0 saturated carbocycles. The molecule has 0 bridgehead atoms. The first-order chi connectivity index (χ1) is 9.15. The summed E-state index contributed by atoms with van der Waals surface area (Å²) in [6.45, 7) is 2.62. The van der Waals surface area contributed by atoms with Gasteiger partial charge in [-0.25, -0.2) is 0 Å². The number of rotatable bonds is 3. The maximum atomic E-state index is 11.9. The zero-order valence-electron chi connectivity index (χ0n) is 11.1. The second-order valence-electron chi connectivity index (χ2n) is 5.06. The van der Waals surface area contributed by atoms with Gasteiger partial charge in [-0.3, -0.25) is 4.79 Å². The van der Waals surface area contributed by atoms with Gasteiger partial charge in [0.1, 0.15) is 16.9 Å². The summed E-state index contributed by atoms with van der Waals surface area (Å²) in [6.07, 6.45) is 0. The van der Waals surface area contributed by atoms with Crippen molar-refractivity contribution in [3.8, 4) is 5.75 Å². The van der Waals surface area contributed by atoms with E-state index in [1.165, 1.54) is 0 Å². The molecule has 0 spiro atoms. The lowest BCUT2D eigenvalue weighted by Gasteiger charge is -2.39. The van der Waals surface area contributed by atoms with Crippen LogP contribution in [0.25, 0.3) is 10.8 Å². The van der Waals surface area contributed by atoms with E-state index < -0.39 is 5.41 Å². The van der Waals surface area contributed by atoms with Crippen LogP contribution in [0.1, 0.15) is 12.5 Å². The van der Waals surface area contributed by atoms with Gasteiger partial charge in [-0.15, -0.1) is 0 Å². The van der Waals surface area contributed by atoms with Crippen LogP contribution >= 0.6 is 0 Å². The molecule has 19 heavy (non-hydrogen) atoms. The summed E-state index contributed by atoms with van der Waals surface area (Å²) in [6, 6.07) is 12.1. The molecule has 0 amide bonds. The number of methoxy groups -OCH3 is 1. The molecule has 1 fully saturated rings. The normalized spacial score (nSPS) is 16.9. The fourth-order valence-corrected chi connectivity index (χ4v) is 2.53. The molecule has 3 nitrogen and oxygen atoms in total. The maximum Gasteiger partial charge on any atom is 0.145 e. The minimum atomic E-state index is -0.436. The minimum absolute atomic E-state index is 0.173. The van der Waals surface area contributed by atoms with E-state index in [9.17, 15) is 4.79 Å². The summed E-state index contributed by atoms with van der Waals surface area (Å²) >= 11 is 0. The van der Waals surface area contributed by atoms with Gasteiger partial charge < -0.3 is 9.47 Å². The Morgan fingerprint density at radius 2 is 1.84 bits per heavy atom. The fourth-order valence-electron chi connectivity index (χ4n) is 2.53. The monoisotopic (exact) mass is 256 g/mol. The molecular formula is C16H16O3. The molecule has 0 radical (unpaired) electrons. The summed E-state index contributed by atoms with van der Waals surface area (Å²) in [5.41, 5.74) is 0.609. The second-order valence-corrected chi connectivity index (χ2v) is 5.06. The third kappa shape index (κ3) is 1.81. The van der Waals surface area contributed by atoms with Crippen molar-refractivity contribution < 1.29 is 14.3 Å². The Labute approximate surface area is 112 Å². The maximum absolute atomic E-state index is 11.9. The molecule has 1 saturated heterocycles. The number of ketones is 1. The predicted octanol–water partition coefficient (Wildman–Crippen LogP) is 2.71. The smallest absolute Gasteiger partial charge is 0.145 e. The lowest BCUT2D eigenvalue weighted by Crippen LogP contribution is -2.52. The summed E-state index contributed by atoms with van der Waals surface area (Å²) in [5.74, 6) is 1.01. The highest BCUT2D eigenvalue weighted by Crippen LogP contribution is 2.35. The van der Waals surface area contributed by atoms with Crippen LogP contribution < -0.4 is 4.74 Å². The molecule has 1 heterocycles. The molecule has 2 aromatic rings. The standard InChI is InChI=1S/C16H16O3/c1-11(17)16(9-19-10-16)14-5-3-13-8-15(18-2)6-4-12(13)7-14/h3-8H,9-10H2,1-2H3. The number of carbonyl (C=O) groups excluding carboxylic acids is 1. The summed E-state index contributed by atoms with van der Waals surface area (Å²) in [5, 5.41) is 2.23. The SMILES string of the molecule is COc1ccc2cc(C3(C(C)=O)COC3)ccc2c1. The number of hydrogen-bond donors (Lipinski definition) is 0. The van der Waals surface area contributed by atoms with Gasteiger partial charge in [-0.1, -0.05) is 18.2 Å². The van der Waals surface area contributed by atoms with Crippen molar-refractivity contribution in [3.63, 3.8) is 0 Å². The van der Waals surface area contributed by atoms with Crippen LogP contribution in [0, 0.1) is 0 Å². The molecule has 0 unspecified atom stereocenters. The van der Waals surface area contributed by atoms with Crippen LogP contribution in [0.3, 0.4) is 0 Å². The summed E-state index contributed by atoms with van der Waals surface area (Å²) in [4.78, 5) is 11.9. The number of benzene rings is 2. The molecule has 3 heteroatoms. The number of carbonyl (C=O) groups is 1. The summed E-state index contributed by atoms with van der Waals surface area (Å²) < 4.78 is 10.5. The Balaban J connectivity index is 2.09. The van der Waals surface area contributed by atoms with Crippen LogP contribution in [0.4, 0.5) is 0 Å². The summed E-state index contributed by atoms with van der Waals surface area (Å²) in [7, 11) is 1.66. The molecular weight excluding hydrogens is 240 g/mol. The van der Waals surface area contributed by atoms with Crippen LogP contribution in [0.2, 0.25) is 0 Å². The number of hydrogen-bond acceptors (Lipinski definition) is 3. The number of fused-ring (bicyclic) bond motifs is 1. The molecule has 1 aliphatic rings. The van der Waals surface area contributed by atoms with Gasteiger partial charge in [-0.05, 0) is 41.5 Å². The van der Waals surface area contributed by atoms with Gasteiger partial charge in [-0.2, -0.15) is 0 Å². The van der Waals surface area contributed by atoms with Crippen molar-refractivity contribution in [3.05, 3.63) is 42.0 Å². The predicted molar refractivity (Wildman–Crippen MR) is 73.7 cm³/mol. The number of Topliss-reactive ketones (excluding diaryl/α,β-unsaturated/α-hetero) is 1. The molecule has 3 rings (SSSR count). The Morgan fingerprint density at radius 3 is 2.42 bits per heavy atom. The van der Waals surface area contributed by atoms with Crippen LogP contribution in [0.15, 0.2) is 36.4 Å². The van der Waals surface area contributed by atoms with Crippen molar-refractivity contribution in [2.24, 2.45) is 0 Å². The first kappa shape index (κ1) is 12.2. The Bertz CT molecular complexity index is 641. The highest BCUT2D eigenvalue weighted by Gasteiger charge is 2.44. The van der Waals surface area contributed by atoms with Gasteiger partial charge in [0.25, 0.3) is 0 Å². The van der Waals surface area contributed by atoms with Crippen molar-refractivity contribution in [2.45, 2.75) is 12.3 Å². The van der Waals surface area contributed by atoms with Crippen LogP contribution in [-0.4, -0.2) is 26.1 Å². The molecule has 0 atom stereocenters. The number of ether oxygens (including phenoxy) is 2. The van der Waals surface area contributed by atoms with Gasteiger partial charge in [0.2, 0.25) is 0 Å². The van der Waals surface area contributed by atoms with E-state index in [1.54, 1.807) is 14.0 Å². The van der Waals surface area contributed by atoms with Gasteiger partial charge in [0.15, 0.2) is 0 Å². The van der Waals surface area contributed by atoms with Gasteiger partial charge in [0, 0.05) is 0 Å². The molecule has 0 aliphatic carbocycles. The minimum Gasteiger partial charge on any atom is -0.497 e. The largest absolute Gasteiger partial charge is 0.497 e. The Hall–Kier alpha value is -1.87. The Morgan fingerprint density at radius 1 is 1.16 bits per heavy atom. The topological polar surface area (TPSA) is 35.5 Å². The van der Waals surface area contributed by atoms with Crippen LogP contribution in [0.5, 0.6) is 5.75 Å². The Kier molecular flexibility index (Phi) is 2.79. The molecule has 0 aromatic heterocycles. The van der Waals surface area contributed by atoms with E-state index in [2.05, 4.69) is 6.07 Å². The van der Waals surface area contributed by atoms with E-state index in [0.717, 1.165) is 22.1 Å². The lowest BCUT2D eigenvalue weighted by molar-refractivity contribution is -0.140. The second kappa shape index (κ2) is 4.35. The highest BCUT2D eigenvalue weighted by atomic mass is 16.5. The van der Waals surface area contributed by atoms with Gasteiger partial charge in [0.05, 0.1) is 20.3 Å². The van der Waals surface area contributed by atoms with Crippen molar-refractivity contribution in [1.29, 1.82) is 0 Å². The average molecular weight is 256 g/mol. The zero-order valence-corrected chi connectivity index (χ0v) is 11.1. The van der Waals surface area contributed by atoms with E-state index in [0.29, 0.717) is 13.2 Å². The first-order valence-electron chi connectivity index (χ1n) is 6.33. The highest BCUT2D eigenvalue weighted by molar-refractivity contribution is 5.92. The average Bonchev–Trinajstić information content (AvgIpc) is 2.36. The fraction of sp³-hybridized carbons (Fsp3) is 0.312. The van der Waals surface area contributed by atoms with Gasteiger partial charge >= 0.3 is 0 Å². The van der Waals surface area contributed by atoms with Crippen LogP contribution in [-0.2, 0) is 14.9 Å². The zero-order chi connectivity index (χ0) is 13.5. The molecule has 98 valence electrons. The van der Waals surface area contributed by atoms with E-state index in [4.69, 9.17) is 9.47 Å². The molecule has 0 N–H and O–H groups in total.